The van der Waals surface area contributed by atoms with Crippen molar-refractivity contribution in [2.45, 2.75) is 18.8 Å². The van der Waals surface area contributed by atoms with Crippen LogP contribution in [-0.4, -0.2) is 44.0 Å². The molecule has 0 spiro atoms. The number of carbonyl (C=O) groups is 1. The SMILES string of the molecule is O=C(c1ccc(F)cc1)N1CCCC(c2nc(-c3cnccn3)no2)C1. The molecule has 1 aliphatic heterocycles. The molecule has 4 rings (SSSR count). The number of rotatable bonds is 3. The maximum absolute atomic E-state index is 13.1. The summed E-state index contributed by atoms with van der Waals surface area (Å²) in [5.74, 6) is 0.354. The molecule has 8 heteroatoms. The Bertz CT molecular complexity index is 897. The van der Waals surface area contributed by atoms with Crippen molar-refractivity contribution in [3.05, 3.63) is 60.1 Å². The number of aromatic nitrogens is 4. The van der Waals surface area contributed by atoms with Crippen molar-refractivity contribution in [1.82, 2.24) is 25.0 Å². The fraction of sp³-hybridized carbons (Fsp3) is 0.278. The quantitative estimate of drug-likeness (QED) is 0.720. The summed E-state index contributed by atoms with van der Waals surface area (Å²) in [5.41, 5.74) is 1.01. The van der Waals surface area contributed by atoms with E-state index in [2.05, 4.69) is 20.1 Å². The second kappa shape index (κ2) is 6.99. The van der Waals surface area contributed by atoms with Crippen LogP contribution in [0.5, 0.6) is 0 Å². The highest BCUT2D eigenvalue weighted by atomic mass is 19.1. The summed E-state index contributed by atoms with van der Waals surface area (Å²) < 4.78 is 18.4. The molecule has 0 N–H and O–H groups in total. The van der Waals surface area contributed by atoms with Gasteiger partial charge in [-0.15, -0.1) is 0 Å². The Balaban J connectivity index is 1.49. The zero-order chi connectivity index (χ0) is 17.9. The fourth-order valence-corrected chi connectivity index (χ4v) is 3.06. The van der Waals surface area contributed by atoms with E-state index in [0.29, 0.717) is 36.1 Å². The number of hydrogen-bond donors (Lipinski definition) is 0. The van der Waals surface area contributed by atoms with Crippen molar-refractivity contribution in [2.75, 3.05) is 13.1 Å². The maximum Gasteiger partial charge on any atom is 0.253 e. The first-order chi connectivity index (χ1) is 12.7. The standard InChI is InChI=1S/C18H16FN5O2/c19-14-5-3-12(4-6-14)18(25)24-9-1-2-13(11-24)17-22-16(23-26-17)15-10-20-7-8-21-15/h3-8,10,13H,1-2,9,11H2. The van der Waals surface area contributed by atoms with Crippen molar-refractivity contribution in [3.63, 3.8) is 0 Å². The van der Waals surface area contributed by atoms with Crippen LogP contribution in [0.1, 0.15) is 35.0 Å². The summed E-state index contributed by atoms with van der Waals surface area (Å²) in [5, 5.41) is 3.97. The van der Waals surface area contributed by atoms with Crippen molar-refractivity contribution in [3.8, 4) is 11.5 Å². The lowest BCUT2D eigenvalue weighted by Crippen LogP contribution is -2.39. The summed E-state index contributed by atoms with van der Waals surface area (Å²) in [7, 11) is 0. The van der Waals surface area contributed by atoms with Gasteiger partial charge >= 0.3 is 0 Å². The highest BCUT2D eigenvalue weighted by molar-refractivity contribution is 5.94. The molecule has 1 fully saturated rings. The van der Waals surface area contributed by atoms with Gasteiger partial charge < -0.3 is 9.42 Å². The van der Waals surface area contributed by atoms with Gasteiger partial charge in [0.2, 0.25) is 11.7 Å². The van der Waals surface area contributed by atoms with Crippen molar-refractivity contribution in [1.29, 1.82) is 0 Å². The molecule has 2 aromatic heterocycles. The predicted octanol–water partition coefficient (Wildman–Crippen LogP) is 2.69. The molecular weight excluding hydrogens is 337 g/mol. The fourth-order valence-electron chi connectivity index (χ4n) is 3.06. The average molecular weight is 353 g/mol. The van der Waals surface area contributed by atoms with Gasteiger partial charge in [-0.3, -0.25) is 9.78 Å². The number of piperidine rings is 1. The molecule has 3 aromatic rings. The van der Waals surface area contributed by atoms with Crippen LogP contribution < -0.4 is 0 Å². The Labute approximate surface area is 148 Å². The third-order valence-electron chi connectivity index (χ3n) is 4.38. The van der Waals surface area contributed by atoms with E-state index in [-0.39, 0.29) is 17.6 Å². The van der Waals surface area contributed by atoms with E-state index in [1.165, 1.54) is 24.3 Å². The first kappa shape index (κ1) is 16.3. The lowest BCUT2D eigenvalue weighted by atomic mass is 9.97. The number of halogens is 1. The van der Waals surface area contributed by atoms with Crippen LogP contribution in [0.25, 0.3) is 11.5 Å². The summed E-state index contributed by atoms with van der Waals surface area (Å²) in [6.45, 7) is 1.14. The molecule has 0 aliphatic carbocycles. The first-order valence-corrected chi connectivity index (χ1v) is 8.35. The summed E-state index contributed by atoms with van der Waals surface area (Å²) in [6, 6.07) is 5.58. The van der Waals surface area contributed by atoms with Gasteiger partial charge in [0, 0.05) is 31.0 Å². The minimum atomic E-state index is -0.361. The van der Waals surface area contributed by atoms with Crippen LogP contribution >= 0.6 is 0 Å². The molecule has 26 heavy (non-hydrogen) atoms. The second-order valence-electron chi connectivity index (χ2n) is 6.14. The lowest BCUT2D eigenvalue weighted by molar-refractivity contribution is 0.0695. The van der Waals surface area contributed by atoms with Crippen molar-refractivity contribution < 1.29 is 13.7 Å². The number of nitrogens with zero attached hydrogens (tertiary/aromatic N) is 5. The highest BCUT2D eigenvalue weighted by Gasteiger charge is 2.29. The maximum atomic E-state index is 13.1. The Morgan fingerprint density at radius 2 is 2.08 bits per heavy atom. The summed E-state index contributed by atoms with van der Waals surface area (Å²) in [4.78, 5) is 26.9. The second-order valence-corrected chi connectivity index (χ2v) is 6.14. The largest absolute Gasteiger partial charge is 0.339 e. The van der Waals surface area contributed by atoms with Gasteiger partial charge in [-0.25, -0.2) is 9.37 Å². The van der Waals surface area contributed by atoms with Crippen molar-refractivity contribution in [2.24, 2.45) is 0 Å². The van der Waals surface area contributed by atoms with Crippen LogP contribution in [0.2, 0.25) is 0 Å². The predicted molar refractivity (Wildman–Crippen MR) is 89.6 cm³/mol. The Morgan fingerprint density at radius 3 is 2.85 bits per heavy atom. The van der Waals surface area contributed by atoms with Gasteiger partial charge in [-0.2, -0.15) is 4.98 Å². The van der Waals surface area contributed by atoms with E-state index in [9.17, 15) is 9.18 Å². The number of benzene rings is 1. The third-order valence-corrected chi connectivity index (χ3v) is 4.38. The van der Waals surface area contributed by atoms with E-state index < -0.39 is 0 Å². The number of hydrogen-bond acceptors (Lipinski definition) is 6. The first-order valence-electron chi connectivity index (χ1n) is 8.35. The van der Waals surface area contributed by atoms with E-state index in [0.717, 1.165) is 12.8 Å². The Morgan fingerprint density at radius 1 is 1.23 bits per heavy atom. The van der Waals surface area contributed by atoms with Crippen LogP contribution in [0.15, 0.2) is 47.4 Å². The number of amides is 1. The molecule has 3 heterocycles. The monoisotopic (exact) mass is 353 g/mol. The average Bonchev–Trinajstić information content (AvgIpc) is 3.19. The summed E-state index contributed by atoms with van der Waals surface area (Å²) >= 11 is 0. The molecule has 1 saturated heterocycles. The van der Waals surface area contributed by atoms with E-state index in [1.54, 1.807) is 23.5 Å². The Hall–Kier alpha value is -3.16. The number of likely N-dealkylation sites (tertiary alicyclic amines) is 1. The van der Waals surface area contributed by atoms with Gasteiger partial charge in [-0.05, 0) is 37.1 Å². The van der Waals surface area contributed by atoms with E-state index in [1.807, 2.05) is 0 Å². The van der Waals surface area contributed by atoms with Gasteiger partial charge in [0.15, 0.2) is 0 Å². The Kier molecular flexibility index (Phi) is 4.39. The minimum absolute atomic E-state index is 0.0360. The summed E-state index contributed by atoms with van der Waals surface area (Å²) in [6.07, 6.45) is 6.40. The van der Waals surface area contributed by atoms with E-state index >= 15 is 0 Å². The van der Waals surface area contributed by atoms with E-state index in [4.69, 9.17) is 4.52 Å². The molecule has 132 valence electrons. The van der Waals surface area contributed by atoms with Crippen molar-refractivity contribution >= 4 is 5.91 Å². The van der Waals surface area contributed by atoms with Crippen LogP contribution in [0.3, 0.4) is 0 Å². The van der Waals surface area contributed by atoms with Gasteiger partial charge in [0.05, 0.1) is 12.1 Å². The molecule has 1 unspecified atom stereocenters. The minimum Gasteiger partial charge on any atom is -0.339 e. The topological polar surface area (TPSA) is 85.0 Å². The molecule has 1 aromatic carbocycles. The van der Waals surface area contributed by atoms with Gasteiger partial charge in [-0.1, -0.05) is 5.16 Å². The third kappa shape index (κ3) is 3.30. The lowest BCUT2D eigenvalue weighted by Gasteiger charge is -2.31. The van der Waals surface area contributed by atoms with Gasteiger partial charge in [0.1, 0.15) is 11.5 Å². The molecule has 7 nitrogen and oxygen atoms in total. The number of carbonyl (C=O) groups excluding carboxylic acids is 1. The molecule has 0 bridgehead atoms. The molecule has 1 atom stereocenters. The highest BCUT2D eigenvalue weighted by Crippen LogP contribution is 2.28. The van der Waals surface area contributed by atoms with Crippen LogP contribution in [-0.2, 0) is 0 Å². The van der Waals surface area contributed by atoms with Gasteiger partial charge in [0.25, 0.3) is 5.91 Å². The molecule has 1 amide bonds. The molecule has 0 saturated carbocycles. The molecular formula is C18H16FN5O2. The zero-order valence-corrected chi connectivity index (χ0v) is 13.9. The van der Waals surface area contributed by atoms with Crippen LogP contribution in [0.4, 0.5) is 4.39 Å². The molecule has 0 radical (unpaired) electrons. The zero-order valence-electron chi connectivity index (χ0n) is 13.9. The molecule has 1 aliphatic rings. The van der Waals surface area contributed by atoms with Crippen LogP contribution in [0, 0.1) is 5.82 Å². The smallest absolute Gasteiger partial charge is 0.253 e. The normalized spacial score (nSPS) is 17.3.